The number of rotatable bonds is 5. The van der Waals surface area contributed by atoms with Gasteiger partial charge in [0, 0.05) is 0 Å². The smallest absolute Gasteiger partial charge is 0.250 e. The first kappa shape index (κ1) is 15.0. The summed E-state index contributed by atoms with van der Waals surface area (Å²) >= 11 is 1.51. The summed E-state index contributed by atoms with van der Waals surface area (Å²) in [5, 5.41) is 4.59. The molecular formula is C16H13N3O3S. The summed E-state index contributed by atoms with van der Waals surface area (Å²) in [5.41, 5.74) is 6.45. The van der Waals surface area contributed by atoms with E-state index in [-0.39, 0.29) is 17.9 Å². The Morgan fingerprint density at radius 1 is 1.22 bits per heavy atom. The highest BCUT2D eigenvalue weighted by atomic mass is 32.1. The quantitative estimate of drug-likeness (QED) is 0.752. The highest BCUT2D eigenvalue weighted by molar-refractivity contribution is 7.13. The van der Waals surface area contributed by atoms with Gasteiger partial charge in [-0.15, -0.1) is 11.3 Å². The fourth-order valence-corrected chi connectivity index (χ4v) is 2.72. The lowest BCUT2D eigenvalue weighted by molar-refractivity contribution is -0.115. The van der Waals surface area contributed by atoms with Crippen LogP contribution in [0.2, 0.25) is 0 Å². The first-order valence-electron chi connectivity index (χ1n) is 6.80. The van der Waals surface area contributed by atoms with Crippen LogP contribution in [0.15, 0.2) is 52.5 Å². The molecule has 1 aromatic carbocycles. The highest BCUT2D eigenvalue weighted by Crippen LogP contribution is 2.24. The molecule has 3 aromatic rings. The van der Waals surface area contributed by atoms with Crippen LogP contribution in [0.4, 0.5) is 5.69 Å². The van der Waals surface area contributed by atoms with Gasteiger partial charge in [0.1, 0.15) is 6.26 Å². The van der Waals surface area contributed by atoms with Crippen molar-refractivity contribution in [2.45, 2.75) is 6.42 Å². The fraction of sp³-hybridized carbons (Fsp3) is 0.0625. The summed E-state index contributed by atoms with van der Waals surface area (Å²) in [5.74, 6) is -0.410. The Bertz CT molecular complexity index is 840. The van der Waals surface area contributed by atoms with Gasteiger partial charge in [-0.2, -0.15) is 0 Å². The Kier molecular flexibility index (Phi) is 4.20. The van der Waals surface area contributed by atoms with Gasteiger partial charge in [-0.1, -0.05) is 18.2 Å². The molecule has 0 radical (unpaired) electrons. The summed E-state index contributed by atoms with van der Waals surface area (Å²) in [6, 6.07) is 10.4. The van der Waals surface area contributed by atoms with Gasteiger partial charge in [0.15, 0.2) is 0 Å². The Morgan fingerprint density at radius 2 is 2.04 bits per heavy atom. The molecule has 0 aliphatic heterocycles. The van der Waals surface area contributed by atoms with Gasteiger partial charge in [-0.25, -0.2) is 4.98 Å². The lowest BCUT2D eigenvalue weighted by Crippen LogP contribution is -2.19. The van der Waals surface area contributed by atoms with Crippen molar-refractivity contribution in [2.24, 2.45) is 5.73 Å². The normalized spacial score (nSPS) is 10.4. The van der Waals surface area contributed by atoms with Gasteiger partial charge >= 0.3 is 0 Å². The highest BCUT2D eigenvalue weighted by Gasteiger charge is 2.13. The minimum atomic E-state index is -0.595. The van der Waals surface area contributed by atoms with E-state index in [4.69, 9.17) is 10.2 Å². The number of hydrogen-bond donors (Lipinski definition) is 2. The third-order valence-electron chi connectivity index (χ3n) is 3.09. The van der Waals surface area contributed by atoms with Gasteiger partial charge in [0.05, 0.1) is 28.2 Å². The van der Waals surface area contributed by atoms with E-state index >= 15 is 0 Å². The number of oxazole rings is 1. The molecule has 0 unspecified atom stereocenters. The third kappa shape index (κ3) is 3.46. The van der Waals surface area contributed by atoms with Crippen molar-refractivity contribution in [2.75, 3.05) is 5.32 Å². The van der Waals surface area contributed by atoms with Crippen LogP contribution in [-0.2, 0) is 11.2 Å². The number of benzene rings is 1. The van der Waals surface area contributed by atoms with Crippen LogP contribution in [0.25, 0.3) is 10.8 Å². The number of nitrogens with zero attached hydrogens (tertiary/aromatic N) is 1. The second kappa shape index (κ2) is 6.45. The van der Waals surface area contributed by atoms with E-state index < -0.39 is 5.91 Å². The van der Waals surface area contributed by atoms with E-state index in [0.29, 0.717) is 17.3 Å². The minimum absolute atomic E-state index is 0.0436. The Balaban J connectivity index is 1.70. The maximum absolute atomic E-state index is 12.1. The molecule has 0 saturated heterocycles. The zero-order valence-electron chi connectivity index (χ0n) is 12.0. The maximum atomic E-state index is 12.1. The predicted octanol–water partition coefficient (Wildman–Crippen LogP) is 2.68. The van der Waals surface area contributed by atoms with Crippen molar-refractivity contribution < 1.29 is 14.0 Å². The molecule has 23 heavy (non-hydrogen) atoms. The van der Waals surface area contributed by atoms with Crippen LogP contribution in [-0.4, -0.2) is 16.8 Å². The van der Waals surface area contributed by atoms with Crippen molar-refractivity contribution in [3.63, 3.8) is 0 Å². The average molecular weight is 327 g/mol. The Hall–Kier alpha value is -2.93. The number of nitrogens with one attached hydrogen (secondary N) is 1. The summed E-state index contributed by atoms with van der Waals surface area (Å²) in [6.07, 6.45) is 1.50. The zero-order valence-corrected chi connectivity index (χ0v) is 12.8. The minimum Gasteiger partial charge on any atom is -0.444 e. The van der Waals surface area contributed by atoms with E-state index in [1.54, 1.807) is 24.3 Å². The number of aromatic nitrogens is 1. The van der Waals surface area contributed by atoms with Crippen LogP contribution in [0.1, 0.15) is 16.1 Å². The molecule has 0 spiro atoms. The third-order valence-corrected chi connectivity index (χ3v) is 3.95. The number of hydrogen-bond acceptors (Lipinski definition) is 5. The maximum Gasteiger partial charge on any atom is 0.250 e. The zero-order chi connectivity index (χ0) is 16.2. The lowest BCUT2D eigenvalue weighted by Gasteiger charge is -2.07. The van der Waals surface area contributed by atoms with Gasteiger partial charge in [0.25, 0.3) is 5.91 Å². The molecule has 3 N–H and O–H groups in total. The molecular weight excluding hydrogens is 314 g/mol. The standard InChI is InChI=1S/C16H13N3O3S/c17-15(21)11-4-1-2-5-12(11)19-14(20)8-10-9-22-16(18-10)13-6-3-7-23-13/h1-7,9H,8H2,(H2,17,21)(H,19,20). The fourth-order valence-electron chi connectivity index (χ4n) is 2.07. The summed E-state index contributed by atoms with van der Waals surface area (Å²) in [6.45, 7) is 0. The monoisotopic (exact) mass is 327 g/mol. The van der Waals surface area contributed by atoms with Crippen LogP contribution >= 0.6 is 11.3 Å². The van der Waals surface area contributed by atoms with Crippen LogP contribution in [0.5, 0.6) is 0 Å². The molecule has 0 atom stereocenters. The van der Waals surface area contributed by atoms with Crippen LogP contribution in [0, 0.1) is 0 Å². The van der Waals surface area contributed by atoms with Crippen LogP contribution in [0.3, 0.4) is 0 Å². The van der Waals surface area contributed by atoms with E-state index in [1.807, 2.05) is 17.5 Å². The summed E-state index contributed by atoms with van der Waals surface area (Å²) in [4.78, 5) is 28.6. The number of carbonyl (C=O) groups is 2. The van der Waals surface area contributed by atoms with Crippen molar-refractivity contribution in [3.8, 4) is 10.8 Å². The first-order chi connectivity index (χ1) is 11.1. The lowest BCUT2D eigenvalue weighted by atomic mass is 10.1. The number of thiophene rings is 1. The predicted molar refractivity (Wildman–Crippen MR) is 87.1 cm³/mol. The average Bonchev–Trinajstić information content (AvgIpc) is 3.18. The molecule has 0 aliphatic rings. The van der Waals surface area contributed by atoms with Gasteiger partial charge in [-0.3, -0.25) is 9.59 Å². The number of nitrogens with two attached hydrogens (primary N) is 1. The summed E-state index contributed by atoms with van der Waals surface area (Å²) < 4.78 is 5.37. The van der Waals surface area contributed by atoms with Crippen molar-refractivity contribution in [1.82, 2.24) is 4.98 Å². The van der Waals surface area contributed by atoms with E-state index in [1.165, 1.54) is 17.6 Å². The van der Waals surface area contributed by atoms with Crippen molar-refractivity contribution in [3.05, 3.63) is 59.3 Å². The van der Waals surface area contributed by atoms with Crippen LogP contribution < -0.4 is 11.1 Å². The second-order valence-electron chi connectivity index (χ2n) is 4.76. The van der Waals surface area contributed by atoms with Crippen molar-refractivity contribution >= 4 is 28.8 Å². The molecule has 0 aliphatic carbocycles. The number of carbonyl (C=O) groups excluding carboxylic acids is 2. The molecule has 2 aromatic heterocycles. The van der Waals surface area contributed by atoms with Gasteiger partial charge in [-0.05, 0) is 23.6 Å². The number of primary amides is 1. The van der Waals surface area contributed by atoms with Crippen molar-refractivity contribution in [1.29, 1.82) is 0 Å². The molecule has 2 amide bonds. The van der Waals surface area contributed by atoms with Gasteiger partial charge in [0.2, 0.25) is 11.8 Å². The number of para-hydroxylation sites is 1. The molecule has 6 nitrogen and oxygen atoms in total. The largest absolute Gasteiger partial charge is 0.444 e. The van der Waals surface area contributed by atoms with E-state index in [9.17, 15) is 9.59 Å². The number of amides is 2. The first-order valence-corrected chi connectivity index (χ1v) is 7.68. The summed E-state index contributed by atoms with van der Waals surface area (Å²) in [7, 11) is 0. The molecule has 2 heterocycles. The molecule has 116 valence electrons. The molecule has 0 saturated carbocycles. The van der Waals surface area contributed by atoms with E-state index in [2.05, 4.69) is 10.3 Å². The SMILES string of the molecule is NC(=O)c1ccccc1NC(=O)Cc1coc(-c2cccs2)n1. The molecule has 3 rings (SSSR count). The topological polar surface area (TPSA) is 98.2 Å². The molecule has 7 heteroatoms. The Labute approximate surface area is 136 Å². The Morgan fingerprint density at radius 3 is 2.78 bits per heavy atom. The second-order valence-corrected chi connectivity index (χ2v) is 5.70. The molecule has 0 fully saturated rings. The van der Waals surface area contributed by atoms with E-state index in [0.717, 1.165) is 4.88 Å². The van der Waals surface area contributed by atoms with Gasteiger partial charge < -0.3 is 15.5 Å². The number of anilines is 1. The molecule has 0 bridgehead atoms.